The second-order valence-electron chi connectivity index (χ2n) is 6.08. The van der Waals surface area contributed by atoms with Gasteiger partial charge in [-0.2, -0.15) is 0 Å². The zero-order valence-corrected chi connectivity index (χ0v) is 14.0. The van der Waals surface area contributed by atoms with Crippen LogP contribution in [0.15, 0.2) is 54.6 Å². The van der Waals surface area contributed by atoms with E-state index in [-0.39, 0.29) is 24.9 Å². The van der Waals surface area contributed by atoms with Crippen molar-refractivity contribution in [3.8, 4) is 0 Å². The van der Waals surface area contributed by atoms with Gasteiger partial charge in [-0.25, -0.2) is 5.48 Å². The summed E-state index contributed by atoms with van der Waals surface area (Å²) in [7, 11) is 0. The second kappa shape index (κ2) is 7.79. The molecule has 0 aromatic heterocycles. The Morgan fingerprint density at radius 2 is 1.77 bits per heavy atom. The van der Waals surface area contributed by atoms with E-state index in [1.54, 1.807) is 34.6 Å². The van der Waals surface area contributed by atoms with E-state index in [0.717, 1.165) is 11.1 Å². The molecule has 0 spiro atoms. The second-order valence-corrected chi connectivity index (χ2v) is 6.08. The van der Waals surface area contributed by atoms with E-state index in [0.29, 0.717) is 12.0 Å². The van der Waals surface area contributed by atoms with Gasteiger partial charge in [0.1, 0.15) is 6.04 Å². The molecule has 1 aliphatic heterocycles. The summed E-state index contributed by atoms with van der Waals surface area (Å²) in [6, 6.07) is 15.5. The standard InChI is InChI=1S/C19H19N3O4/c23-17-11-20-19(25)16(10-13-4-2-1-3-5-13)22(17)12-14-6-8-15(9-7-14)18(24)21-26/h1-9,16,26H,10-12H2,(H,20,25)(H,21,24)/t16-/m1/s1. The molecule has 1 heterocycles. The lowest BCUT2D eigenvalue weighted by Crippen LogP contribution is -2.58. The predicted molar refractivity (Wildman–Crippen MR) is 93.2 cm³/mol. The molecule has 2 aromatic rings. The Morgan fingerprint density at radius 1 is 1.08 bits per heavy atom. The van der Waals surface area contributed by atoms with Crippen molar-refractivity contribution in [2.45, 2.75) is 19.0 Å². The van der Waals surface area contributed by atoms with Gasteiger partial charge in [-0.3, -0.25) is 19.6 Å². The summed E-state index contributed by atoms with van der Waals surface area (Å²) < 4.78 is 0. The van der Waals surface area contributed by atoms with Crippen molar-refractivity contribution >= 4 is 17.7 Å². The maximum Gasteiger partial charge on any atom is 0.274 e. The van der Waals surface area contributed by atoms with E-state index in [9.17, 15) is 14.4 Å². The molecular weight excluding hydrogens is 334 g/mol. The highest BCUT2D eigenvalue weighted by atomic mass is 16.5. The topological polar surface area (TPSA) is 98.7 Å². The molecule has 3 N–H and O–H groups in total. The Hall–Kier alpha value is -3.19. The molecule has 7 nitrogen and oxygen atoms in total. The number of nitrogens with zero attached hydrogens (tertiary/aromatic N) is 1. The first-order chi connectivity index (χ1) is 12.6. The quantitative estimate of drug-likeness (QED) is 0.549. The van der Waals surface area contributed by atoms with Crippen LogP contribution in [0, 0.1) is 0 Å². The van der Waals surface area contributed by atoms with Gasteiger partial charge in [-0.05, 0) is 23.3 Å². The van der Waals surface area contributed by atoms with Crippen molar-refractivity contribution in [1.29, 1.82) is 0 Å². The van der Waals surface area contributed by atoms with E-state index < -0.39 is 11.9 Å². The monoisotopic (exact) mass is 353 g/mol. The summed E-state index contributed by atoms with van der Waals surface area (Å²) in [5.41, 5.74) is 3.64. The van der Waals surface area contributed by atoms with Crippen LogP contribution < -0.4 is 10.8 Å². The zero-order valence-electron chi connectivity index (χ0n) is 14.0. The zero-order chi connectivity index (χ0) is 18.5. The summed E-state index contributed by atoms with van der Waals surface area (Å²) >= 11 is 0. The molecule has 1 aliphatic rings. The van der Waals surface area contributed by atoms with Crippen LogP contribution in [0.25, 0.3) is 0 Å². The van der Waals surface area contributed by atoms with Gasteiger partial charge < -0.3 is 10.2 Å². The molecule has 26 heavy (non-hydrogen) atoms. The number of carbonyl (C=O) groups excluding carboxylic acids is 3. The maximum atomic E-state index is 12.4. The van der Waals surface area contributed by atoms with Crippen molar-refractivity contribution in [2.75, 3.05) is 6.54 Å². The first kappa shape index (κ1) is 17.6. The lowest BCUT2D eigenvalue weighted by molar-refractivity contribution is -0.146. The Bertz CT molecular complexity index is 805. The van der Waals surface area contributed by atoms with Gasteiger partial charge in [-0.1, -0.05) is 42.5 Å². The van der Waals surface area contributed by atoms with Gasteiger partial charge in [-0.15, -0.1) is 0 Å². The Balaban J connectivity index is 1.79. The minimum atomic E-state index is -0.605. The van der Waals surface area contributed by atoms with Crippen LogP contribution in [0.5, 0.6) is 0 Å². The highest BCUT2D eigenvalue weighted by molar-refractivity contribution is 5.95. The van der Waals surface area contributed by atoms with Crippen LogP contribution in [0.4, 0.5) is 0 Å². The Kier molecular flexibility index (Phi) is 5.28. The van der Waals surface area contributed by atoms with Crippen molar-refractivity contribution < 1.29 is 19.6 Å². The van der Waals surface area contributed by atoms with Crippen molar-refractivity contribution in [3.05, 3.63) is 71.3 Å². The predicted octanol–water partition coefficient (Wildman–Crippen LogP) is 0.875. The van der Waals surface area contributed by atoms with Gasteiger partial charge in [0.2, 0.25) is 11.8 Å². The van der Waals surface area contributed by atoms with Gasteiger partial charge in [0.05, 0.1) is 6.54 Å². The number of benzene rings is 2. The van der Waals surface area contributed by atoms with Gasteiger partial charge in [0.15, 0.2) is 0 Å². The molecule has 2 aromatic carbocycles. The number of carbonyl (C=O) groups is 3. The van der Waals surface area contributed by atoms with Crippen LogP contribution in [-0.2, 0) is 22.6 Å². The number of nitrogens with one attached hydrogen (secondary N) is 2. The molecule has 3 rings (SSSR count). The van der Waals surface area contributed by atoms with Gasteiger partial charge >= 0.3 is 0 Å². The van der Waals surface area contributed by atoms with Crippen LogP contribution in [0.2, 0.25) is 0 Å². The summed E-state index contributed by atoms with van der Waals surface area (Å²) in [6.07, 6.45) is 0.434. The molecule has 0 bridgehead atoms. The molecule has 0 radical (unpaired) electrons. The van der Waals surface area contributed by atoms with E-state index in [4.69, 9.17) is 5.21 Å². The molecule has 7 heteroatoms. The number of hydrogen-bond donors (Lipinski definition) is 3. The van der Waals surface area contributed by atoms with E-state index in [1.807, 2.05) is 30.3 Å². The fraction of sp³-hybridized carbons (Fsp3) is 0.211. The molecule has 0 unspecified atom stereocenters. The van der Waals surface area contributed by atoms with Gasteiger partial charge in [0.25, 0.3) is 5.91 Å². The lowest BCUT2D eigenvalue weighted by Gasteiger charge is -2.35. The van der Waals surface area contributed by atoms with Crippen molar-refractivity contribution in [2.24, 2.45) is 0 Å². The fourth-order valence-electron chi connectivity index (χ4n) is 2.96. The van der Waals surface area contributed by atoms with Gasteiger partial charge in [0, 0.05) is 18.5 Å². The molecule has 0 aliphatic carbocycles. The average Bonchev–Trinajstić information content (AvgIpc) is 2.68. The van der Waals surface area contributed by atoms with E-state index in [2.05, 4.69) is 5.32 Å². The number of amides is 3. The average molecular weight is 353 g/mol. The fourth-order valence-corrected chi connectivity index (χ4v) is 2.96. The van der Waals surface area contributed by atoms with Crippen molar-refractivity contribution in [1.82, 2.24) is 15.7 Å². The number of hydrogen-bond acceptors (Lipinski definition) is 4. The third-order valence-electron chi connectivity index (χ3n) is 4.36. The summed E-state index contributed by atoms with van der Waals surface area (Å²) in [5.74, 6) is -0.931. The lowest BCUT2D eigenvalue weighted by atomic mass is 10.0. The third-order valence-corrected chi connectivity index (χ3v) is 4.36. The highest BCUT2D eigenvalue weighted by Gasteiger charge is 2.34. The molecule has 1 saturated heterocycles. The molecule has 1 atom stereocenters. The normalized spacial score (nSPS) is 17.0. The molecule has 1 fully saturated rings. The summed E-state index contributed by atoms with van der Waals surface area (Å²) in [4.78, 5) is 37.7. The molecule has 3 amide bonds. The van der Waals surface area contributed by atoms with Crippen LogP contribution >= 0.6 is 0 Å². The summed E-state index contributed by atoms with van der Waals surface area (Å²) in [6.45, 7) is 0.250. The van der Waals surface area contributed by atoms with Crippen molar-refractivity contribution in [3.63, 3.8) is 0 Å². The smallest absolute Gasteiger partial charge is 0.274 e. The number of hydroxylamine groups is 1. The first-order valence-corrected chi connectivity index (χ1v) is 8.23. The number of rotatable bonds is 5. The first-order valence-electron chi connectivity index (χ1n) is 8.23. The minimum Gasteiger partial charge on any atom is -0.345 e. The van der Waals surface area contributed by atoms with E-state index in [1.165, 1.54) is 0 Å². The molecule has 0 saturated carbocycles. The number of piperazine rings is 1. The van der Waals surface area contributed by atoms with E-state index >= 15 is 0 Å². The molecule has 134 valence electrons. The van der Waals surface area contributed by atoms with Crippen LogP contribution in [0.1, 0.15) is 21.5 Å². The largest absolute Gasteiger partial charge is 0.345 e. The highest BCUT2D eigenvalue weighted by Crippen LogP contribution is 2.17. The van der Waals surface area contributed by atoms with Crippen LogP contribution in [0.3, 0.4) is 0 Å². The minimum absolute atomic E-state index is 0.0187. The Labute approximate surface area is 150 Å². The maximum absolute atomic E-state index is 12.4. The molecular formula is C19H19N3O4. The SMILES string of the molecule is O=C(NO)c1ccc(CN2C(=O)CNC(=O)[C@H]2Cc2ccccc2)cc1. The third kappa shape index (κ3) is 3.89. The van der Waals surface area contributed by atoms with Crippen LogP contribution in [-0.4, -0.2) is 40.4 Å². The summed E-state index contributed by atoms with van der Waals surface area (Å²) in [5, 5.41) is 11.3. The Morgan fingerprint density at radius 3 is 2.42 bits per heavy atom.